The quantitative estimate of drug-likeness (QED) is 0.504. The molecule has 0 fully saturated rings. The van der Waals surface area contributed by atoms with Gasteiger partial charge in [-0.1, -0.05) is 46.9 Å². The molecule has 0 saturated heterocycles. The fourth-order valence-electron chi connectivity index (χ4n) is 0.289. The molecular formula is C7H18. The van der Waals surface area contributed by atoms with E-state index in [1.807, 2.05) is 27.7 Å². The Kier molecular flexibility index (Phi) is 16.7. The van der Waals surface area contributed by atoms with Gasteiger partial charge in [-0.25, -0.2) is 0 Å². The zero-order chi connectivity index (χ0) is 6.99. The van der Waals surface area contributed by atoms with Crippen molar-refractivity contribution >= 4 is 0 Å². The molecule has 0 unspecified atom stereocenters. The molecule has 0 saturated carbocycles. The minimum Gasteiger partial charge on any atom is -0.0683 e. The van der Waals surface area contributed by atoms with Crippen LogP contribution in [0.1, 0.15) is 48.3 Å². The molecule has 0 aromatic heterocycles. The molecule has 0 nitrogen and oxygen atoms in total. The molecule has 0 amide bonds. The predicted molar refractivity (Wildman–Crippen MR) is 36.5 cm³/mol. The minimum atomic E-state index is 0.185. The van der Waals surface area contributed by atoms with Crippen LogP contribution in [0.3, 0.4) is 0 Å². The topological polar surface area (TPSA) is 0 Å². The van der Waals surface area contributed by atoms with Crippen molar-refractivity contribution in [3.05, 3.63) is 0 Å². The molecule has 7 heavy (non-hydrogen) atoms. The fraction of sp³-hybridized carbons (Fsp3) is 1.00. The number of rotatable bonds is 2. The molecule has 0 heteroatoms. The van der Waals surface area contributed by atoms with E-state index in [1.165, 1.54) is 0 Å². The van der Waals surface area contributed by atoms with Crippen LogP contribution >= 0.6 is 0 Å². The summed E-state index contributed by atoms with van der Waals surface area (Å²) >= 11 is 0. The lowest BCUT2D eigenvalue weighted by Crippen LogP contribution is -1.59. The molecule has 0 aliphatic heterocycles. The second kappa shape index (κ2) is 16.7. The van der Waals surface area contributed by atoms with Crippen molar-refractivity contribution in [2.75, 3.05) is 0 Å². The van der Waals surface area contributed by atoms with Crippen LogP contribution in [-0.2, 0) is 0 Å². The van der Waals surface area contributed by atoms with Gasteiger partial charge in [-0.15, -0.1) is 0 Å². The van der Waals surface area contributed by atoms with E-state index in [-0.39, 0.29) is 6.40 Å². The van der Waals surface area contributed by atoms with Crippen molar-refractivity contribution in [2.45, 2.75) is 46.9 Å². The van der Waals surface area contributed by atoms with E-state index < -0.39 is 0 Å². The molecule has 0 spiro atoms. The van der Waals surface area contributed by atoms with Crippen molar-refractivity contribution in [3.63, 3.8) is 0 Å². The van der Waals surface area contributed by atoms with Crippen molar-refractivity contribution in [2.24, 2.45) is 0 Å². The van der Waals surface area contributed by atoms with E-state index in [0.717, 1.165) is 12.8 Å². The molecule has 0 atom stereocenters. The van der Waals surface area contributed by atoms with E-state index in [1.54, 1.807) is 0 Å². The lowest BCUT2D eigenvalue weighted by molar-refractivity contribution is 0.772. The van der Waals surface area contributed by atoms with Crippen LogP contribution in [0, 0.1) is 0 Å². The molecule has 0 aliphatic rings. The Bertz CT molecular complexity index is 23.6. The molecule has 0 aliphatic carbocycles. The van der Waals surface area contributed by atoms with Crippen LogP contribution in [-0.4, -0.2) is 0 Å². The van der Waals surface area contributed by atoms with Crippen LogP contribution in [0.25, 0.3) is 0 Å². The van der Waals surface area contributed by atoms with E-state index in [0.29, 0.717) is 0 Å². The lowest BCUT2D eigenvalue weighted by Gasteiger charge is -1.79. The van der Waals surface area contributed by atoms with Crippen LogP contribution < -0.4 is 0 Å². The first-order valence-corrected chi connectivity index (χ1v) is 3.23. The highest BCUT2D eigenvalue weighted by Gasteiger charge is 1.68. The summed E-state index contributed by atoms with van der Waals surface area (Å²) in [5, 5.41) is 0. The van der Waals surface area contributed by atoms with Gasteiger partial charge in [-0.05, 0) is 0 Å². The van der Waals surface area contributed by atoms with Gasteiger partial charge in [0.1, 0.15) is 0 Å². The van der Waals surface area contributed by atoms with Crippen molar-refractivity contribution in [3.8, 4) is 0 Å². The summed E-state index contributed by atoms with van der Waals surface area (Å²) in [4.78, 5) is 0. The Hall–Kier alpha value is 0. The van der Waals surface area contributed by atoms with Gasteiger partial charge in [-0.2, -0.15) is 0 Å². The summed E-state index contributed by atoms with van der Waals surface area (Å²) in [5.74, 6) is 0. The summed E-state index contributed by atoms with van der Waals surface area (Å²) in [6, 6.07) is 0. The Labute approximate surface area is 49.3 Å². The van der Waals surface area contributed by atoms with Gasteiger partial charge >= 0.3 is 0 Å². The van der Waals surface area contributed by atoms with Crippen LogP contribution in [0.4, 0.5) is 0 Å². The van der Waals surface area contributed by atoms with Gasteiger partial charge in [0.05, 0.1) is 0 Å². The normalized spacial score (nSPS) is 9.57. The maximum absolute atomic E-state index is 7.07. The highest BCUT2D eigenvalue weighted by Crippen LogP contribution is 1.88. The molecular weight excluding hydrogens is 84.1 g/mol. The summed E-state index contributed by atoms with van der Waals surface area (Å²) < 4.78 is 7.07. The van der Waals surface area contributed by atoms with E-state index in [2.05, 4.69) is 0 Å². The molecule has 46 valence electrons. The van der Waals surface area contributed by atoms with Crippen LogP contribution in [0.15, 0.2) is 0 Å². The SMILES string of the molecule is CC.[3H]C(CC)CC. The third-order valence-electron chi connectivity index (χ3n) is 0.577. The second-order valence-electron chi connectivity index (χ2n) is 1.11. The maximum atomic E-state index is 7.07. The first kappa shape index (κ1) is 7.00. The van der Waals surface area contributed by atoms with Gasteiger partial charge in [0.25, 0.3) is 0 Å². The molecule has 0 heterocycles. The van der Waals surface area contributed by atoms with Gasteiger partial charge in [0, 0.05) is 1.37 Å². The molecule has 0 N–H and O–H groups in total. The summed E-state index contributed by atoms with van der Waals surface area (Å²) in [6.45, 7) is 8.09. The van der Waals surface area contributed by atoms with Gasteiger partial charge in [0.2, 0.25) is 0 Å². The predicted octanol–water partition coefficient (Wildman–Crippen LogP) is 3.22. The van der Waals surface area contributed by atoms with Crippen LogP contribution in [0.5, 0.6) is 0 Å². The standard InChI is InChI=1S/C5H12.C2H6/c1-3-5-4-2;1-2/h3-5H2,1-2H3;1-2H3/i5T;. The van der Waals surface area contributed by atoms with Crippen molar-refractivity contribution < 1.29 is 1.37 Å². The monoisotopic (exact) mass is 104 g/mol. The molecule has 0 aromatic rings. The summed E-state index contributed by atoms with van der Waals surface area (Å²) in [6.07, 6.45) is 2.18. The Morgan fingerprint density at radius 3 is 1.43 bits per heavy atom. The Balaban J connectivity index is 0. The second-order valence-corrected chi connectivity index (χ2v) is 1.11. The zero-order valence-electron chi connectivity index (χ0n) is 6.99. The molecule has 0 radical (unpaired) electrons. The summed E-state index contributed by atoms with van der Waals surface area (Å²) in [7, 11) is 0. The van der Waals surface area contributed by atoms with E-state index >= 15 is 0 Å². The fourth-order valence-corrected chi connectivity index (χ4v) is 0.289. The van der Waals surface area contributed by atoms with Gasteiger partial charge in [0.15, 0.2) is 0 Å². The largest absolute Gasteiger partial charge is 0.0683 e. The van der Waals surface area contributed by atoms with Gasteiger partial charge < -0.3 is 0 Å². The molecule has 0 bridgehead atoms. The maximum Gasteiger partial charge on any atom is 0.0266 e. The average Bonchev–Trinajstić information content (AvgIpc) is 1.91. The van der Waals surface area contributed by atoms with Crippen molar-refractivity contribution in [1.29, 1.82) is 0 Å². The average molecular weight is 104 g/mol. The third kappa shape index (κ3) is 24.0. The van der Waals surface area contributed by atoms with Gasteiger partial charge in [-0.3, -0.25) is 0 Å². The Morgan fingerprint density at radius 1 is 1.14 bits per heavy atom. The van der Waals surface area contributed by atoms with Crippen LogP contribution in [0.2, 0.25) is 0 Å². The first-order valence-electron chi connectivity index (χ1n) is 3.81. The number of hydrogen-bond acceptors (Lipinski definition) is 0. The smallest absolute Gasteiger partial charge is 0.0266 e. The highest BCUT2D eigenvalue weighted by molar-refractivity contribution is 4.24. The Morgan fingerprint density at radius 2 is 1.43 bits per heavy atom. The lowest BCUT2D eigenvalue weighted by atomic mass is 10.3. The minimum absolute atomic E-state index is 0.185. The zero-order valence-corrected chi connectivity index (χ0v) is 5.99. The highest BCUT2D eigenvalue weighted by atomic mass is 13.7. The molecule has 0 aromatic carbocycles. The summed E-state index contributed by atoms with van der Waals surface area (Å²) in [5.41, 5.74) is 0. The van der Waals surface area contributed by atoms with E-state index in [4.69, 9.17) is 1.37 Å². The van der Waals surface area contributed by atoms with E-state index in [9.17, 15) is 0 Å². The molecule has 0 rings (SSSR count). The third-order valence-corrected chi connectivity index (χ3v) is 0.577. The number of hydrogen-bond donors (Lipinski definition) is 0. The first-order chi connectivity index (χ1) is 3.81. The van der Waals surface area contributed by atoms with Crippen molar-refractivity contribution in [1.82, 2.24) is 0 Å².